The molecule has 0 heterocycles. The fraction of sp³-hybridized carbons (Fsp3) is 0.200. The zero-order valence-corrected chi connectivity index (χ0v) is 15.6. The molecule has 136 valence electrons. The van der Waals surface area contributed by atoms with E-state index < -0.39 is 5.97 Å². The van der Waals surface area contributed by atoms with Gasteiger partial charge in [-0.2, -0.15) is 0 Å². The molecule has 6 heteroatoms. The lowest BCUT2D eigenvalue weighted by Crippen LogP contribution is -2.25. The van der Waals surface area contributed by atoms with Gasteiger partial charge in [-0.3, -0.25) is 4.79 Å². The minimum absolute atomic E-state index is 0.0356. The van der Waals surface area contributed by atoms with Gasteiger partial charge in [0, 0.05) is 6.92 Å². The molecule has 0 unspecified atom stereocenters. The molecule has 0 radical (unpaired) electrons. The number of carbonyl (C=O) groups excluding carboxylic acids is 2. The Morgan fingerprint density at radius 1 is 1.19 bits per heavy atom. The van der Waals surface area contributed by atoms with E-state index in [1.165, 1.54) is 20.1 Å². The normalized spacial score (nSPS) is 11.0. The number of hydrogen-bond donors (Lipinski definition) is 1. The number of carbonyl (C=O) groups is 2. The van der Waals surface area contributed by atoms with E-state index in [0.717, 1.165) is 11.1 Å². The largest absolute Gasteiger partial charge is 0.487 e. The van der Waals surface area contributed by atoms with Gasteiger partial charge in [-0.1, -0.05) is 41.9 Å². The Morgan fingerprint density at radius 3 is 2.46 bits per heavy atom. The Hall–Kier alpha value is -2.79. The van der Waals surface area contributed by atoms with Gasteiger partial charge in [-0.15, -0.1) is 0 Å². The predicted octanol–water partition coefficient (Wildman–Crippen LogP) is 3.88. The number of nitrogens with one attached hydrogen (secondary N) is 1. The van der Waals surface area contributed by atoms with Gasteiger partial charge in [-0.05, 0) is 41.8 Å². The van der Waals surface area contributed by atoms with Crippen LogP contribution in [0.15, 0.2) is 48.2 Å². The Labute approximate surface area is 157 Å². The van der Waals surface area contributed by atoms with Crippen LogP contribution >= 0.6 is 11.6 Å². The van der Waals surface area contributed by atoms with Crippen molar-refractivity contribution >= 4 is 29.6 Å². The van der Waals surface area contributed by atoms with E-state index in [1.54, 1.807) is 6.07 Å². The topological polar surface area (TPSA) is 64.6 Å². The fourth-order valence-electron chi connectivity index (χ4n) is 2.37. The molecular formula is C20H20ClNO4. The number of amides is 1. The van der Waals surface area contributed by atoms with Crippen molar-refractivity contribution in [1.82, 2.24) is 5.32 Å². The van der Waals surface area contributed by atoms with Crippen LogP contribution in [0.1, 0.15) is 23.6 Å². The van der Waals surface area contributed by atoms with E-state index in [1.807, 2.05) is 43.3 Å². The molecule has 2 rings (SSSR count). The zero-order chi connectivity index (χ0) is 19.1. The summed E-state index contributed by atoms with van der Waals surface area (Å²) >= 11 is 6.35. The van der Waals surface area contributed by atoms with Crippen molar-refractivity contribution in [2.24, 2.45) is 0 Å². The van der Waals surface area contributed by atoms with Crippen LogP contribution in [0.3, 0.4) is 0 Å². The molecule has 0 fully saturated rings. The third-order valence-corrected chi connectivity index (χ3v) is 3.79. The van der Waals surface area contributed by atoms with Gasteiger partial charge in [0.1, 0.15) is 18.1 Å². The van der Waals surface area contributed by atoms with Crippen LogP contribution in [0.4, 0.5) is 0 Å². The second-order valence-corrected chi connectivity index (χ2v) is 6.06. The number of hydrogen-bond acceptors (Lipinski definition) is 4. The molecule has 5 nitrogen and oxygen atoms in total. The fourth-order valence-corrected chi connectivity index (χ4v) is 2.70. The highest BCUT2D eigenvalue weighted by Crippen LogP contribution is 2.31. The predicted molar refractivity (Wildman–Crippen MR) is 101 cm³/mol. The van der Waals surface area contributed by atoms with Crippen molar-refractivity contribution < 1.29 is 19.1 Å². The van der Waals surface area contributed by atoms with Crippen LogP contribution in [-0.2, 0) is 20.9 Å². The Morgan fingerprint density at radius 2 is 1.88 bits per heavy atom. The van der Waals surface area contributed by atoms with E-state index in [9.17, 15) is 9.59 Å². The van der Waals surface area contributed by atoms with Gasteiger partial charge in [0.05, 0.1) is 12.1 Å². The summed E-state index contributed by atoms with van der Waals surface area (Å²) in [6.45, 7) is 3.57. The molecule has 0 spiro atoms. The van der Waals surface area contributed by atoms with E-state index in [0.29, 0.717) is 22.9 Å². The van der Waals surface area contributed by atoms with Crippen LogP contribution in [0.5, 0.6) is 5.75 Å². The molecule has 0 aliphatic heterocycles. The summed E-state index contributed by atoms with van der Waals surface area (Å²) in [5, 5.41) is 2.87. The summed E-state index contributed by atoms with van der Waals surface area (Å²) < 4.78 is 10.5. The van der Waals surface area contributed by atoms with E-state index in [2.05, 4.69) is 10.1 Å². The smallest absolute Gasteiger partial charge is 0.354 e. The minimum Gasteiger partial charge on any atom is -0.487 e. The Bertz CT molecular complexity index is 808. The standard InChI is InChI=1S/C20H20ClNO4/c1-13-9-16(11-18(20(24)25-3)22-14(2)23)10-17(21)19(13)26-12-15-7-5-4-6-8-15/h4-11H,12H2,1-3H3,(H,22,23). The number of methoxy groups -OCH3 is 1. The van der Waals surface area contributed by atoms with Crippen LogP contribution < -0.4 is 10.1 Å². The molecule has 26 heavy (non-hydrogen) atoms. The molecule has 0 saturated heterocycles. The first kappa shape index (κ1) is 19.5. The average molecular weight is 374 g/mol. The SMILES string of the molecule is COC(=O)C(=Cc1cc(C)c(OCc2ccccc2)c(Cl)c1)NC(C)=O. The lowest BCUT2D eigenvalue weighted by atomic mass is 10.1. The van der Waals surface area contributed by atoms with Crippen LogP contribution in [0, 0.1) is 6.92 Å². The van der Waals surface area contributed by atoms with Gasteiger partial charge in [0.2, 0.25) is 5.91 Å². The highest BCUT2D eigenvalue weighted by atomic mass is 35.5. The molecule has 1 N–H and O–H groups in total. The first-order valence-electron chi connectivity index (χ1n) is 7.95. The lowest BCUT2D eigenvalue weighted by molar-refractivity contribution is -0.137. The maximum absolute atomic E-state index is 11.8. The van der Waals surface area contributed by atoms with E-state index in [-0.39, 0.29) is 11.6 Å². The lowest BCUT2D eigenvalue weighted by Gasteiger charge is -2.13. The molecule has 0 atom stereocenters. The van der Waals surface area contributed by atoms with Gasteiger partial charge < -0.3 is 14.8 Å². The maximum atomic E-state index is 11.8. The highest BCUT2D eigenvalue weighted by Gasteiger charge is 2.13. The van der Waals surface area contributed by atoms with Crippen molar-refractivity contribution in [3.05, 3.63) is 69.9 Å². The molecular weight excluding hydrogens is 354 g/mol. The van der Waals surface area contributed by atoms with Crippen molar-refractivity contribution in [2.45, 2.75) is 20.5 Å². The van der Waals surface area contributed by atoms with Crippen molar-refractivity contribution in [3.63, 3.8) is 0 Å². The summed E-state index contributed by atoms with van der Waals surface area (Å²) in [5.41, 5.74) is 2.53. The summed E-state index contributed by atoms with van der Waals surface area (Å²) in [6, 6.07) is 13.2. The molecule has 0 aromatic heterocycles. The summed E-state index contributed by atoms with van der Waals surface area (Å²) in [6.07, 6.45) is 1.51. The van der Waals surface area contributed by atoms with Gasteiger partial charge >= 0.3 is 5.97 Å². The maximum Gasteiger partial charge on any atom is 0.354 e. The quantitative estimate of drug-likeness (QED) is 0.616. The molecule has 0 bridgehead atoms. The van der Waals surface area contributed by atoms with Gasteiger partial charge in [0.25, 0.3) is 0 Å². The summed E-state index contributed by atoms with van der Waals surface area (Å²) in [7, 11) is 1.25. The molecule has 1 amide bonds. The van der Waals surface area contributed by atoms with Gasteiger partial charge in [-0.25, -0.2) is 4.79 Å². The molecule has 2 aromatic rings. The molecule has 2 aromatic carbocycles. The third kappa shape index (κ3) is 5.36. The van der Waals surface area contributed by atoms with Crippen LogP contribution in [0.2, 0.25) is 5.02 Å². The van der Waals surface area contributed by atoms with Crippen LogP contribution in [-0.4, -0.2) is 19.0 Å². The Balaban J connectivity index is 2.25. The van der Waals surface area contributed by atoms with Crippen molar-refractivity contribution in [3.8, 4) is 5.75 Å². The van der Waals surface area contributed by atoms with Gasteiger partial charge in [0.15, 0.2) is 0 Å². The second kappa shape index (κ2) is 9.06. The minimum atomic E-state index is -0.640. The second-order valence-electron chi connectivity index (χ2n) is 5.65. The molecule has 0 saturated carbocycles. The van der Waals surface area contributed by atoms with Crippen molar-refractivity contribution in [2.75, 3.05) is 7.11 Å². The number of benzene rings is 2. The number of rotatable bonds is 6. The molecule has 0 aliphatic carbocycles. The summed E-state index contributed by atoms with van der Waals surface area (Å²) in [5.74, 6) is -0.433. The molecule has 0 aliphatic rings. The van der Waals surface area contributed by atoms with Crippen molar-refractivity contribution in [1.29, 1.82) is 0 Å². The van der Waals surface area contributed by atoms with Crippen LogP contribution in [0.25, 0.3) is 6.08 Å². The zero-order valence-electron chi connectivity index (χ0n) is 14.8. The first-order chi connectivity index (χ1) is 12.4. The van der Waals surface area contributed by atoms with E-state index in [4.69, 9.17) is 16.3 Å². The average Bonchev–Trinajstić information content (AvgIpc) is 2.60. The number of ether oxygens (including phenoxy) is 2. The number of esters is 1. The Kier molecular flexibility index (Phi) is 6.81. The van der Waals surface area contributed by atoms with E-state index >= 15 is 0 Å². The monoisotopic (exact) mass is 373 g/mol. The third-order valence-electron chi connectivity index (χ3n) is 3.50. The highest BCUT2D eigenvalue weighted by molar-refractivity contribution is 6.32. The first-order valence-corrected chi connectivity index (χ1v) is 8.33. The summed E-state index contributed by atoms with van der Waals surface area (Å²) in [4.78, 5) is 23.1. The number of halogens is 1. The number of aryl methyl sites for hydroxylation is 1.